The minimum Gasteiger partial charge on any atom is -0.340 e. The first-order valence-corrected chi connectivity index (χ1v) is 10.1. The number of hydrogen-bond donors (Lipinski definition) is 0. The van der Waals surface area contributed by atoms with Gasteiger partial charge in [-0.1, -0.05) is 35.9 Å². The highest BCUT2D eigenvalue weighted by molar-refractivity contribution is 5.76. The molecule has 1 fully saturated rings. The summed E-state index contributed by atoms with van der Waals surface area (Å²) < 4.78 is 2.01. The number of nitrogens with zero attached hydrogens (tertiary/aromatic N) is 8. The monoisotopic (exact) mass is 402 g/mol. The maximum Gasteiger partial charge on any atom is 0.246 e. The summed E-state index contributed by atoms with van der Waals surface area (Å²) in [6.07, 6.45) is 3.88. The van der Waals surface area contributed by atoms with Crippen molar-refractivity contribution in [1.29, 1.82) is 0 Å². The van der Waals surface area contributed by atoms with E-state index in [1.54, 1.807) is 0 Å². The van der Waals surface area contributed by atoms with E-state index in [0.717, 1.165) is 36.4 Å². The van der Waals surface area contributed by atoms with Gasteiger partial charge in [0.05, 0.1) is 0 Å². The first kappa shape index (κ1) is 18.4. The van der Waals surface area contributed by atoms with E-state index in [2.05, 4.69) is 25.6 Å². The summed E-state index contributed by atoms with van der Waals surface area (Å²) in [5, 5.41) is 21.2. The van der Waals surface area contributed by atoms with Gasteiger partial charge < -0.3 is 4.90 Å². The van der Waals surface area contributed by atoms with Crippen LogP contribution in [-0.4, -0.2) is 58.7 Å². The van der Waals surface area contributed by atoms with Crippen LogP contribution in [0.5, 0.6) is 0 Å². The van der Waals surface area contributed by atoms with Gasteiger partial charge in [0.15, 0.2) is 5.65 Å². The number of amides is 1. The van der Waals surface area contributed by atoms with Gasteiger partial charge in [-0.15, -0.1) is 20.4 Å². The normalized spacial score (nSPS) is 16.8. The van der Waals surface area contributed by atoms with E-state index in [0.29, 0.717) is 12.4 Å². The molecule has 1 aliphatic rings. The zero-order chi connectivity index (χ0) is 20.5. The predicted molar refractivity (Wildman–Crippen MR) is 110 cm³/mol. The number of aryl methyl sites for hydroxylation is 1. The topological polar surface area (TPSA) is 94.1 Å². The number of aromatic nitrogens is 7. The smallest absolute Gasteiger partial charge is 0.246 e. The number of piperidine rings is 1. The quantitative estimate of drug-likeness (QED) is 0.519. The standard InChI is InChI=1S/C21H22N8O/c1-15-7-9-16(10-8-15)20-23-26-29(25-20)14-19(30)27-11-4-5-17(13-27)21-24-22-18-6-2-3-12-28(18)21/h2-3,6-10,12,17H,4-5,11,13-14H2,1H3/t17-/m1/s1. The Morgan fingerprint density at radius 1 is 1.10 bits per heavy atom. The summed E-state index contributed by atoms with van der Waals surface area (Å²) in [6.45, 7) is 3.45. The second-order valence-corrected chi connectivity index (χ2v) is 7.68. The number of rotatable bonds is 4. The molecule has 1 saturated heterocycles. The Morgan fingerprint density at radius 2 is 1.97 bits per heavy atom. The van der Waals surface area contributed by atoms with Gasteiger partial charge in [0.25, 0.3) is 0 Å². The maximum absolute atomic E-state index is 12.9. The van der Waals surface area contributed by atoms with Crippen molar-refractivity contribution in [3.05, 3.63) is 60.0 Å². The van der Waals surface area contributed by atoms with Crippen molar-refractivity contribution in [3.8, 4) is 11.4 Å². The lowest BCUT2D eigenvalue weighted by molar-refractivity contribution is -0.133. The second-order valence-electron chi connectivity index (χ2n) is 7.68. The Hall–Kier alpha value is -3.62. The molecule has 5 rings (SSSR count). The largest absolute Gasteiger partial charge is 0.340 e. The van der Waals surface area contributed by atoms with Crippen LogP contribution in [-0.2, 0) is 11.3 Å². The van der Waals surface area contributed by atoms with Crippen LogP contribution >= 0.6 is 0 Å². The molecule has 3 aromatic heterocycles. The minimum atomic E-state index is -0.0126. The van der Waals surface area contributed by atoms with Gasteiger partial charge in [0.1, 0.15) is 12.4 Å². The molecule has 1 aromatic carbocycles. The summed E-state index contributed by atoms with van der Waals surface area (Å²) in [5.41, 5.74) is 2.88. The third-order valence-electron chi connectivity index (χ3n) is 5.52. The Morgan fingerprint density at radius 3 is 2.83 bits per heavy atom. The van der Waals surface area contributed by atoms with Crippen LogP contribution in [0.2, 0.25) is 0 Å². The number of pyridine rings is 1. The molecule has 1 aliphatic heterocycles. The molecule has 152 valence electrons. The van der Waals surface area contributed by atoms with Crippen molar-refractivity contribution in [3.63, 3.8) is 0 Å². The Kier molecular flexibility index (Phi) is 4.70. The summed E-state index contributed by atoms with van der Waals surface area (Å²) in [6, 6.07) is 13.8. The first-order chi connectivity index (χ1) is 14.7. The van der Waals surface area contributed by atoms with E-state index in [-0.39, 0.29) is 18.4 Å². The SMILES string of the molecule is Cc1ccc(-c2nnn(CC(=O)N3CCC[C@@H](c4nnc5ccccn45)C3)n2)cc1. The second kappa shape index (κ2) is 7.66. The van der Waals surface area contributed by atoms with Gasteiger partial charge in [-0.25, -0.2) is 0 Å². The van der Waals surface area contributed by atoms with E-state index in [1.165, 1.54) is 10.4 Å². The maximum atomic E-state index is 12.9. The van der Waals surface area contributed by atoms with Gasteiger partial charge in [-0.3, -0.25) is 9.20 Å². The molecule has 0 spiro atoms. The van der Waals surface area contributed by atoms with Crippen LogP contribution in [0, 0.1) is 6.92 Å². The van der Waals surface area contributed by atoms with E-state index < -0.39 is 0 Å². The third kappa shape index (κ3) is 3.54. The molecule has 4 aromatic rings. The van der Waals surface area contributed by atoms with Crippen LogP contribution in [0.4, 0.5) is 0 Å². The van der Waals surface area contributed by atoms with Crippen molar-refractivity contribution in [2.24, 2.45) is 0 Å². The van der Waals surface area contributed by atoms with E-state index in [4.69, 9.17) is 0 Å². The molecule has 0 radical (unpaired) electrons. The third-order valence-corrected chi connectivity index (χ3v) is 5.52. The van der Waals surface area contributed by atoms with E-state index in [1.807, 2.05) is 64.9 Å². The van der Waals surface area contributed by atoms with Crippen LogP contribution in [0.1, 0.15) is 30.1 Å². The Bertz CT molecular complexity index is 1180. The molecular formula is C21H22N8O. The van der Waals surface area contributed by atoms with Crippen molar-refractivity contribution in [2.45, 2.75) is 32.2 Å². The minimum absolute atomic E-state index is 0.0126. The number of hydrogen-bond acceptors (Lipinski definition) is 6. The summed E-state index contributed by atoms with van der Waals surface area (Å²) >= 11 is 0. The first-order valence-electron chi connectivity index (χ1n) is 10.1. The number of likely N-dealkylation sites (tertiary alicyclic amines) is 1. The molecule has 30 heavy (non-hydrogen) atoms. The molecule has 4 heterocycles. The van der Waals surface area contributed by atoms with Crippen molar-refractivity contribution < 1.29 is 4.79 Å². The number of carbonyl (C=O) groups excluding carboxylic acids is 1. The predicted octanol–water partition coefficient (Wildman–Crippen LogP) is 2.10. The van der Waals surface area contributed by atoms with Crippen LogP contribution in [0.15, 0.2) is 48.7 Å². The number of benzene rings is 1. The highest BCUT2D eigenvalue weighted by atomic mass is 16.2. The van der Waals surface area contributed by atoms with Gasteiger partial charge in [-0.05, 0) is 37.1 Å². The number of tetrazole rings is 1. The van der Waals surface area contributed by atoms with Crippen molar-refractivity contribution in [2.75, 3.05) is 13.1 Å². The molecule has 1 atom stereocenters. The number of fused-ring (bicyclic) bond motifs is 1. The van der Waals surface area contributed by atoms with Gasteiger partial charge in [-0.2, -0.15) is 4.80 Å². The summed E-state index contributed by atoms with van der Waals surface area (Å²) in [4.78, 5) is 16.1. The molecule has 9 nitrogen and oxygen atoms in total. The lowest BCUT2D eigenvalue weighted by Gasteiger charge is -2.31. The molecule has 0 saturated carbocycles. The average Bonchev–Trinajstić information content (AvgIpc) is 3.41. The molecular weight excluding hydrogens is 380 g/mol. The molecule has 9 heteroatoms. The zero-order valence-electron chi connectivity index (χ0n) is 16.7. The van der Waals surface area contributed by atoms with Crippen LogP contribution in [0.3, 0.4) is 0 Å². The van der Waals surface area contributed by atoms with E-state index in [9.17, 15) is 4.79 Å². The highest BCUT2D eigenvalue weighted by Crippen LogP contribution is 2.26. The lowest BCUT2D eigenvalue weighted by Crippen LogP contribution is -2.41. The van der Waals surface area contributed by atoms with Crippen molar-refractivity contribution in [1.82, 2.24) is 39.7 Å². The molecule has 0 N–H and O–H groups in total. The van der Waals surface area contributed by atoms with Crippen LogP contribution < -0.4 is 0 Å². The zero-order valence-corrected chi connectivity index (χ0v) is 16.7. The molecule has 0 bridgehead atoms. The molecule has 0 unspecified atom stereocenters. The Balaban J connectivity index is 1.28. The lowest BCUT2D eigenvalue weighted by atomic mass is 9.97. The fourth-order valence-electron chi connectivity index (χ4n) is 3.90. The van der Waals surface area contributed by atoms with Gasteiger partial charge in [0.2, 0.25) is 11.7 Å². The summed E-state index contributed by atoms with van der Waals surface area (Å²) in [5.74, 6) is 1.58. The van der Waals surface area contributed by atoms with E-state index >= 15 is 0 Å². The summed E-state index contributed by atoms with van der Waals surface area (Å²) in [7, 11) is 0. The molecule has 0 aliphatic carbocycles. The van der Waals surface area contributed by atoms with Crippen LogP contribution in [0.25, 0.3) is 17.0 Å². The van der Waals surface area contributed by atoms with Gasteiger partial charge >= 0.3 is 0 Å². The molecule has 1 amide bonds. The fraction of sp³-hybridized carbons (Fsp3) is 0.333. The number of carbonyl (C=O) groups is 1. The van der Waals surface area contributed by atoms with Crippen molar-refractivity contribution >= 4 is 11.6 Å². The average molecular weight is 402 g/mol. The Labute approximate surface area is 173 Å². The highest BCUT2D eigenvalue weighted by Gasteiger charge is 2.28. The fourth-order valence-corrected chi connectivity index (χ4v) is 3.90. The van der Waals surface area contributed by atoms with Gasteiger partial charge in [0, 0.05) is 30.8 Å².